The Bertz CT molecular complexity index is 1020. The summed E-state index contributed by atoms with van der Waals surface area (Å²) in [4.78, 5) is -0.435. The quantitative estimate of drug-likeness (QED) is 0.754. The van der Waals surface area contributed by atoms with Crippen molar-refractivity contribution >= 4 is 15.8 Å². The third-order valence-corrected chi connectivity index (χ3v) is 4.72. The highest BCUT2D eigenvalue weighted by atomic mass is 32.2. The van der Waals surface area contributed by atoms with Crippen LogP contribution in [0.5, 0.6) is 0 Å². The Kier molecular flexibility index (Phi) is 4.49. The highest BCUT2D eigenvalue weighted by Gasteiger charge is 2.18. The SMILES string of the molecule is O=S(=O)(Nc1ccn(Cc2ccccc2F)n1)c1ccc(F)c(F)c1. The van der Waals surface area contributed by atoms with Gasteiger partial charge in [0.2, 0.25) is 0 Å². The first-order chi connectivity index (χ1) is 11.8. The Balaban J connectivity index is 1.78. The van der Waals surface area contributed by atoms with Gasteiger partial charge in [-0.3, -0.25) is 9.40 Å². The zero-order valence-electron chi connectivity index (χ0n) is 12.7. The molecule has 9 heteroatoms. The van der Waals surface area contributed by atoms with Crippen LogP contribution in [0.2, 0.25) is 0 Å². The summed E-state index contributed by atoms with van der Waals surface area (Å²) in [7, 11) is -4.13. The Hall–Kier alpha value is -2.81. The van der Waals surface area contributed by atoms with Crippen LogP contribution in [-0.4, -0.2) is 18.2 Å². The number of nitrogens with zero attached hydrogens (tertiary/aromatic N) is 2. The molecule has 0 aliphatic heterocycles. The number of aromatic nitrogens is 2. The molecule has 25 heavy (non-hydrogen) atoms. The predicted octanol–water partition coefficient (Wildman–Crippen LogP) is 3.15. The van der Waals surface area contributed by atoms with Crippen molar-refractivity contribution in [2.24, 2.45) is 0 Å². The third-order valence-electron chi connectivity index (χ3n) is 3.37. The monoisotopic (exact) mass is 367 g/mol. The van der Waals surface area contributed by atoms with Gasteiger partial charge in [0.15, 0.2) is 17.5 Å². The van der Waals surface area contributed by atoms with Gasteiger partial charge in [0.1, 0.15) is 5.82 Å². The van der Waals surface area contributed by atoms with Gasteiger partial charge in [-0.2, -0.15) is 5.10 Å². The van der Waals surface area contributed by atoms with E-state index in [2.05, 4.69) is 9.82 Å². The minimum Gasteiger partial charge on any atom is -0.266 e. The summed E-state index contributed by atoms with van der Waals surface area (Å²) in [5.41, 5.74) is 0.389. The van der Waals surface area contributed by atoms with E-state index in [-0.39, 0.29) is 12.4 Å². The van der Waals surface area contributed by atoms with Crippen molar-refractivity contribution in [2.75, 3.05) is 4.72 Å². The van der Waals surface area contributed by atoms with E-state index >= 15 is 0 Å². The Labute approximate surface area is 141 Å². The summed E-state index contributed by atoms with van der Waals surface area (Å²) in [5, 5.41) is 3.99. The zero-order valence-corrected chi connectivity index (χ0v) is 13.5. The van der Waals surface area contributed by atoms with Gasteiger partial charge < -0.3 is 0 Å². The molecule has 0 radical (unpaired) electrons. The first-order valence-corrected chi connectivity index (χ1v) is 8.58. The summed E-state index contributed by atoms with van der Waals surface area (Å²) in [6, 6.07) is 9.75. The molecule has 1 aromatic heterocycles. The number of hydrogen-bond acceptors (Lipinski definition) is 3. The fourth-order valence-electron chi connectivity index (χ4n) is 2.15. The molecule has 0 bridgehead atoms. The van der Waals surface area contributed by atoms with E-state index in [4.69, 9.17) is 0 Å². The largest absolute Gasteiger partial charge is 0.266 e. The molecule has 3 aromatic rings. The second-order valence-electron chi connectivity index (χ2n) is 5.17. The molecular formula is C16H12F3N3O2S. The van der Waals surface area contributed by atoms with Crippen molar-refractivity contribution in [3.63, 3.8) is 0 Å². The van der Waals surface area contributed by atoms with Crippen LogP contribution >= 0.6 is 0 Å². The number of rotatable bonds is 5. The van der Waals surface area contributed by atoms with Crippen LogP contribution in [0.3, 0.4) is 0 Å². The van der Waals surface area contributed by atoms with Crippen molar-refractivity contribution in [3.05, 3.63) is 77.7 Å². The molecular weight excluding hydrogens is 355 g/mol. The van der Waals surface area contributed by atoms with Crippen LogP contribution in [0.4, 0.5) is 19.0 Å². The summed E-state index contributed by atoms with van der Waals surface area (Å²) >= 11 is 0. The minimum absolute atomic E-state index is 0.0268. The molecule has 2 aromatic carbocycles. The van der Waals surface area contributed by atoms with Gasteiger partial charge in [-0.25, -0.2) is 21.6 Å². The summed E-state index contributed by atoms with van der Waals surface area (Å²) in [6.07, 6.45) is 1.47. The minimum atomic E-state index is -4.13. The molecule has 1 N–H and O–H groups in total. The van der Waals surface area contributed by atoms with Crippen molar-refractivity contribution in [1.82, 2.24) is 9.78 Å². The van der Waals surface area contributed by atoms with Crippen LogP contribution in [-0.2, 0) is 16.6 Å². The second-order valence-corrected chi connectivity index (χ2v) is 6.85. The van der Waals surface area contributed by atoms with Gasteiger partial charge >= 0.3 is 0 Å². The molecule has 0 aliphatic carbocycles. The average molecular weight is 367 g/mol. The van der Waals surface area contributed by atoms with Crippen LogP contribution in [0.15, 0.2) is 59.6 Å². The molecule has 5 nitrogen and oxygen atoms in total. The molecule has 0 saturated heterocycles. The van der Waals surface area contributed by atoms with E-state index < -0.39 is 32.4 Å². The van der Waals surface area contributed by atoms with Crippen molar-refractivity contribution in [3.8, 4) is 0 Å². The molecule has 0 unspecified atom stereocenters. The van der Waals surface area contributed by atoms with E-state index in [1.54, 1.807) is 18.2 Å². The number of nitrogens with one attached hydrogen (secondary N) is 1. The predicted molar refractivity (Wildman–Crippen MR) is 84.9 cm³/mol. The van der Waals surface area contributed by atoms with Gasteiger partial charge in [-0.15, -0.1) is 0 Å². The van der Waals surface area contributed by atoms with E-state index in [1.807, 2.05) is 0 Å². The highest BCUT2D eigenvalue weighted by Crippen LogP contribution is 2.17. The number of hydrogen-bond donors (Lipinski definition) is 1. The van der Waals surface area contributed by atoms with Crippen LogP contribution in [0.1, 0.15) is 5.56 Å². The van der Waals surface area contributed by atoms with Gasteiger partial charge in [-0.05, 0) is 24.3 Å². The first kappa shape index (κ1) is 17.0. The smallest absolute Gasteiger partial charge is 0.263 e. The number of halogens is 3. The maximum absolute atomic E-state index is 13.6. The lowest BCUT2D eigenvalue weighted by atomic mass is 10.2. The zero-order chi connectivity index (χ0) is 18.0. The van der Waals surface area contributed by atoms with Crippen molar-refractivity contribution in [1.29, 1.82) is 0 Å². The standard InChI is InChI=1S/C16H12F3N3O2S/c17-13-4-2-1-3-11(13)10-22-8-7-16(20-22)21-25(23,24)12-5-6-14(18)15(19)9-12/h1-9H,10H2,(H,20,21). The molecule has 1 heterocycles. The van der Waals surface area contributed by atoms with E-state index in [9.17, 15) is 21.6 Å². The highest BCUT2D eigenvalue weighted by molar-refractivity contribution is 7.92. The number of benzene rings is 2. The van der Waals surface area contributed by atoms with E-state index in [0.717, 1.165) is 12.1 Å². The molecule has 0 aliphatic rings. The Morgan fingerprint density at radius 3 is 2.44 bits per heavy atom. The summed E-state index contributed by atoms with van der Waals surface area (Å²) < 4.78 is 67.6. The molecule has 0 saturated carbocycles. The van der Waals surface area contributed by atoms with Crippen LogP contribution < -0.4 is 4.72 Å². The van der Waals surface area contributed by atoms with E-state index in [0.29, 0.717) is 11.6 Å². The number of anilines is 1. The molecule has 0 fully saturated rings. The van der Waals surface area contributed by atoms with Gasteiger partial charge in [0.25, 0.3) is 10.0 Å². The molecule has 0 spiro atoms. The normalized spacial score (nSPS) is 11.5. The Morgan fingerprint density at radius 1 is 0.960 bits per heavy atom. The lowest BCUT2D eigenvalue weighted by Gasteiger charge is -2.06. The topological polar surface area (TPSA) is 64.0 Å². The molecule has 130 valence electrons. The second kappa shape index (κ2) is 6.60. The van der Waals surface area contributed by atoms with Crippen LogP contribution in [0.25, 0.3) is 0 Å². The van der Waals surface area contributed by atoms with E-state index in [1.165, 1.54) is 23.0 Å². The van der Waals surface area contributed by atoms with Gasteiger partial charge in [0.05, 0.1) is 11.4 Å². The first-order valence-electron chi connectivity index (χ1n) is 7.10. The van der Waals surface area contributed by atoms with Gasteiger partial charge in [0, 0.05) is 17.8 Å². The van der Waals surface area contributed by atoms with Crippen molar-refractivity contribution in [2.45, 2.75) is 11.4 Å². The maximum Gasteiger partial charge on any atom is 0.263 e. The summed E-state index contributed by atoms with van der Waals surface area (Å²) in [6.45, 7) is 0.111. The molecule has 0 amide bonds. The third kappa shape index (κ3) is 3.82. The van der Waals surface area contributed by atoms with Crippen LogP contribution in [0, 0.1) is 17.5 Å². The van der Waals surface area contributed by atoms with Crippen molar-refractivity contribution < 1.29 is 21.6 Å². The molecule has 0 atom stereocenters. The fraction of sp³-hybridized carbons (Fsp3) is 0.0625. The van der Waals surface area contributed by atoms with Gasteiger partial charge in [-0.1, -0.05) is 18.2 Å². The Morgan fingerprint density at radius 2 is 1.72 bits per heavy atom. The maximum atomic E-state index is 13.6. The summed E-state index contributed by atoms with van der Waals surface area (Å²) in [5.74, 6) is -2.84. The number of sulfonamides is 1. The average Bonchev–Trinajstić information content (AvgIpc) is 2.98. The lowest BCUT2D eigenvalue weighted by molar-refractivity contribution is 0.504. The molecule has 3 rings (SSSR count). The lowest BCUT2D eigenvalue weighted by Crippen LogP contribution is -2.14. The fourth-order valence-corrected chi connectivity index (χ4v) is 3.15.